The summed E-state index contributed by atoms with van der Waals surface area (Å²) in [5.74, 6) is -0.521. The highest BCUT2D eigenvalue weighted by atomic mass is 19.1. The molecule has 2 aliphatic rings. The van der Waals surface area contributed by atoms with Crippen LogP contribution in [0.2, 0.25) is 0 Å². The van der Waals surface area contributed by atoms with Gasteiger partial charge >= 0.3 is 0 Å². The third-order valence-corrected chi connectivity index (χ3v) is 8.00. The number of carbonyl (C=O) groups excluding carboxylic acids is 1. The van der Waals surface area contributed by atoms with Crippen LogP contribution in [0.1, 0.15) is 51.7 Å². The maximum atomic E-state index is 14.1. The lowest BCUT2D eigenvalue weighted by Crippen LogP contribution is -2.45. The molecule has 1 aromatic heterocycles. The number of amides is 1. The lowest BCUT2D eigenvalue weighted by atomic mass is 9.69. The van der Waals surface area contributed by atoms with Crippen LogP contribution in [-0.4, -0.2) is 36.3 Å². The zero-order valence-electron chi connectivity index (χ0n) is 26.3. The molecule has 5 N–H and O–H groups in total. The molecule has 46 heavy (non-hydrogen) atoms. The number of benzene rings is 3. The maximum Gasteiger partial charge on any atom is 0.221 e. The van der Waals surface area contributed by atoms with Crippen molar-refractivity contribution in [1.82, 2.24) is 21.0 Å². The van der Waals surface area contributed by atoms with E-state index < -0.39 is 5.44 Å². The van der Waals surface area contributed by atoms with Crippen molar-refractivity contribution in [2.24, 2.45) is 5.41 Å². The average Bonchev–Trinajstić information content (AvgIpc) is 3.74. The van der Waals surface area contributed by atoms with Gasteiger partial charge in [0.25, 0.3) is 0 Å². The number of hydrogen-bond acceptors (Lipinski definition) is 8. The van der Waals surface area contributed by atoms with E-state index in [1.165, 1.54) is 19.1 Å². The Hall–Kier alpha value is -5.08. The van der Waals surface area contributed by atoms with Gasteiger partial charge in [0, 0.05) is 54.2 Å². The number of anilines is 3. The number of nitriles is 1. The van der Waals surface area contributed by atoms with Crippen LogP contribution in [0.3, 0.4) is 0 Å². The summed E-state index contributed by atoms with van der Waals surface area (Å²) >= 11 is 0. The summed E-state index contributed by atoms with van der Waals surface area (Å²) in [7, 11) is 7.24. The minimum atomic E-state index is -1.30. The van der Waals surface area contributed by atoms with Gasteiger partial charge < -0.3 is 21.4 Å². The maximum absolute atomic E-state index is 14.1. The molecule has 1 aliphatic carbocycles. The monoisotopic (exact) mass is 614 g/mol. The minimum absolute atomic E-state index is 0.0589. The third kappa shape index (κ3) is 6.48. The van der Waals surface area contributed by atoms with Crippen molar-refractivity contribution < 1.29 is 9.18 Å². The number of hydrazine groups is 2. The summed E-state index contributed by atoms with van der Waals surface area (Å²) in [5.41, 5.74) is 11.1. The van der Waals surface area contributed by atoms with Gasteiger partial charge in [-0.2, -0.15) is 5.26 Å². The Labute approximate surface area is 269 Å². The van der Waals surface area contributed by atoms with Crippen LogP contribution in [-0.2, 0) is 10.2 Å². The number of hydrogen-bond donors (Lipinski definition) is 5. The molecule has 2 heterocycles. The first-order valence-corrected chi connectivity index (χ1v) is 15.3. The number of nitrogens with zero attached hydrogens (tertiary/aromatic N) is 3. The Kier molecular flexibility index (Phi) is 8.09. The summed E-state index contributed by atoms with van der Waals surface area (Å²) in [6.45, 7) is 8.45. The predicted octanol–water partition coefficient (Wildman–Crippen LogP) is 6.09. The molecule has 4 aromatic rings. The molecular formula is C35H36BFN8O. The molecule has 1 atom stereocenters. The van der Waals surface area contributed by atoms with Gasteiger partial charge in [0.1, 0.15) is 19.7 Å². The van der Waals surface area contributed by atoms with Gasteiger partial charge in [-0.05, 0) is 65.8 Å². The van der Waals surface area contributed by atoms with Crippen LogP contribution in [0.4, 0.5) is 21.5 Å². The van der Waals surface area contributed by atoms with Gasteiger partial charge in [0.2, 0.25) is 5.91 Å². The summed E-state index contributed by atoms with van der Waals surface area (Å²) in [6.07, 6.45) is 5.69. The van der Waals surface area contributed by atoms with Crippen molar-refractivity contribution in [2.75, 3.05) is 22.5 Å². The topological polar surface area (TPSA) is 117 Å². The van der Waals surface area contributed by atoms with Gasteiger partial charge in [-0.15, -0.1) is 5.53 Å². The van der Waals surface area contributed by atoms with Gasteiger partial charge in [-0.1, -0.05) is 45.0 Å². The van der Waals surface area contributed by atoms with Crippen LogP contribution in [0.5, 0.6) is 0 Å². The lowest BCUT2D eigenvalue weighted by Gasteiger charge is -2.34. The van der Waals surface area contributed by atoms with Crippen molar-refractivity contribution in [3.05, 3.63) is 95.7 Å². The summed E-state index contributed by atoms with van der Waals surface area (Å²) in [5, 5.41) is 22.7. The molecule has 6 rings (SSSR count). The standard InChI is InChI=1S/C35H36BFN8O/c1-21(46)41-26-11-5-22(6-12-26)29-15-27(16-30-32(40-20-34(2,3)4)23(17-38)18-39-33(29)30)42-35(36,24-7-9-25(37)10-8-24)31-19-45(44-43-31)28-13-14-28/h5-12,15-16,18-19,28,42-44H,13-14,20H2,1-4H3,(H,39,40)(H,41,46). The first-order valence-electron chi connectivity index (χ1n) is 15.3. The summed E-state index contributed by atoms with van der Waals surface area (Å²) in [4.78, 5) is 16.4. The van der Waals surface area contributed by atoms with Gasteiger partial charge in [0.05, 0.1) is 27.9 Å². The fourth-order valence-corrected chi connectivity index (χ4v) is 5.47. The average molecular weight is 615 g/mol. The molecule has 1 saturated carbocycles. The molecular weight excluding hydrogens is 578 g/mol. The zero-order valence-corrected chi connectivity index (χ0v) is 26.3. The Morgan fingerprint density at radius 1 is 1.11 bits per heavy atom. The fraction of sp³-hybridized carbons (Fsp3) is 0.286. The number of nitrogens with one attached hydrogen (secondary N) is 5. The van der Waals surface area contributed by atoms with E-state index >= 15 is 0 Å². The van der Waals surface area contributed by atoms with Crippen molar-refractivity contribution in [3.8, 4) is 17.2 Å². The van der Waals surface area contributed by atoms with E-state index in [0.717, 1.165) is 29.4 Å². The Balaban J connectivity index is 1.52. The smallest absolute Gasteiger partial charge is 0.221 e. The zero-order chi connectivity index (χ0) is 32.6. The molecule has 2 radical (unpaired) electrons. The third-order valence-electron chi connectivity index (χ3n) is 8.00. The van der Waals surface area contributed by atoms with Gasteiger partial charge in [-0.3, -0.25) is 14.8 Å². The molecule has 9 nitrogen and oxygen atoms in total. The quantitative estimate of drug-likeness (QED) is 0.144. The van der Waals surface area contributed by atoms with Gasteiger partial charge in [-0.25, -0.2) is 4.39 Å². The number of fused-ring (bicyclic) bond motifs is 1. The number of rotatable bonds is 9. The van der Waals surface area contributed by atoms with Crippen LogP contribution >= 0.6 is 0 Å². The molecule has 1 unspecified atom stereocenters. The highest BCUT2D eigenvalue weighted by Gasteiger charge is 2.38. The van der Waals surface area contributed by atoms with E-state index in [0.29, 0.717) is 52.0 Å². The van der Waals surface area contributed by atoms with E-state index in [1.807, 2.05) is 47.6 Å². The van der Waals surface area contributed by atoms with Crippen molar-refractivity contribution in [2.45, 2.75) is 52.0 Å². The molecule has 1 aliphatic heterocycles. The van der Waals surface area contributed by atoms with E-state index in [1.54, 1.807) is 18.3 Å². The molecule has 0 bridgehead atoms. The minimum Gasteiger partial charge on any atom is -0.383 e. The number of carbonyl (C=O) groups is 1. The molecule has 232 valence electrons. The first kappa shape index (κ1) is 30.9. The lowest BCUT2D eigenvalue weighted by molar-refractivity contribution is -0.114. The van der Waals surface area contributed by atoms with Crippen LogP contribution in [0, 0.1) is 22.6 Å². The van der Waals surface area contributed by atoms with E-state index in [4.69, 9.17) is 12.8 Å². The fourth-order valence-electron chi connectivity index (χ4n) is 5.47. The van der Waals surface area contributed by atoms with Crippen LogP contribution < -0.4 is 26.9 Å². The molecule has 3 aromatic carbocycles. The second-order valence-corrected chi connectivity index (χ2v) is 13.1. The Bertz CT molecular complexity index is 1860. The molecule has 1 amide bonds. The second kappa shape index (κ2) is 12.0. The van der Waals surface area contributed by atoms with Crippen LogP contribution in [0.25, 0.3) is 22.0 Å². The molecule has 11 heteroatoms. The second-order valence-electron chi connectivity index (χ2n) is 13.1. The summed E-state index contributed by atoms with van der Waals surface area (Å²) in [6, 6.07) is 20.2. The summed E-state index contributed by atoms with van der Waals surface area (Å²) < 4.78 is 14.1. The SMILES string of the molecule is [B]C(Nc1cc(-c2ccc(NC(C)=O)cc2)c2ncc(C#N)c(NCC(C)(C)C)c2c1)(C1=CN(C2CC2)NN1)c1ccc(F)cc1. The normalized spacial score (nSPS) is 15.8. The predicted molar refractivity (Wildman–Crippen MR) is 181 cm³/mol. The largest absolute Gasteiger partial charge is 0.383 e. The van der Waals surface area contributed by atoms with Crippen molar-refractivity contribution >= 4 is 41.7 Å². The molecule has 0 spiro atoms. The van der Waals surface area contributed by atoms with E-state index in [2.05, 4.69) is 53.8 Å². The Morgan fingerprint density at radius 3 is 2.46 bits per heavy atom. The van der Waals surface area contributed by atoms with Gasteiger partial charge in [0.15, 0.2) is 0 Å². The number of pyridine rings is 1. The number of aromatic nitrogens is 1. The molecule has 0 saturated heterocycles. The van der Waals surface area contributed by atoms with E-state index in [-0.39, 0.29) is 17.1 Å². The number of halogens is 1. The van der Waals surface area contributed by atoms with E-state index in [9.17, 15) is 14.4 Å². The van der Waals surface area contributed by atoms with Crippen LogP contribution in [0.15, 0.2) is 78.8 Å². The highest BCUT2D eigenvalue weighted by Crippen LogP contribution is 2.40. The van der Waals surface area contributed by atoms with Crippen molar-refractivity contribution in [1.29, 1.82) is 5.26 Å². The first-order chi connectivity index (χ1) is 21.9. The highest BCUT2D eigenvalue weighted by molar-refractivity contribution is 6.20. The molecule has 1 fully saturated rings. The van der Waals surface area contributed by atoms with Crippen molar-refractivity contribution in [3.63, 3.8) is 0 Å². The Morgan fingerprint density at radius 2 is 1.83 bits per heavy atom.